The van der Waals surface area contributed by atoms with Gasteiger partial charge in [-0.3, -0.25) is 4.79 Å². The summed E-state index contributed by atoms with van der Waals surface area (Å²) in [6, 6.07) is 0. The summed E-state index contributed by atoms with van der Waals surface area (Å²) in [6.07, 6.45) is -5.14. The maximum absolute atomic E-state index is 14.3. The van der Waals surface area contributed by atoms with E-state index in [2.05, 4.69) is 9.68 Å². The van der Waals surface area contributed by atoms with E-state index < -0.39 is 76.3 Å². The van der Waals surface area contributed by atoms with Crippen molar-refractivity contribution in [2.75, 3.05) is 6.61 Å². The Hall–Kier alpha value is -2.50. The summed E-state index contributed by atoms with van der Waals surface area (Å²) in [5.74, 6) is -4.89. The lowest BCUT2D eigenvalue weighted by molar-refractivity contribution is -0.190. The Labute approximate surface area is 212 Å². The Kier molecular flexibility index (Phi) is 6.33. The van der Waals surface area contributed by atoms with Crippen molar-refractivity contribution in [3.05, 3.63) is 40.3 Å². The summed E-state index contributed by atoms with van der Waals surface area (Å²) < 4.78 is 50.2. The molecule has 1 aromatic rings. The second kappa shape index (κ2) is 8.51. The first kappa shape index (κ1) is 27.5. The van der Waals surface area contributed by atoms with Crippen LogP contribution in [0.5, 0.6) is 0 Å². The third kappa shape index (κ3) is 3.57. The first-order valence-corrected chi connectivity index (χ1v) is 12.2. The van der Waals surface area contributed by atoms with Gasteiger partial charge in [-0.1, -0.05) is 45.0 Å². The van der Waals surface area contributed by atoms with Crippen molar-refractivity contribution >= 4 is 11.8 Å². The van der Waals surface area contributed by atoms with E-state index in [0.29, 0.717) is 6.42 Å². The van der Waals surface area contributed by atoms with Crippen molar-refractivity contribution in [1.82, 2.24) is 5.16 Å². The molecule has 37 heavy (non-hydrogen) atoms. The van der Waals surface area contributed by atoms with Gasteiger partial charge in [-0.15, -0.1) is 0 Å². The Morgan fingerprint density at radius 2 is 1.86 bits per heavy atom. The second-order valence-electron chi connectivity index (χ2n) is 11.3. The number of carbonyl (C=O) groups excluding carboxylic acids is 2. The number of carbonyl (C=O) groups is 2. The summed E-state index contributed by atoms with van der Waals surface area (Å²) in [5.41, 5.74) is -6.00. The molecule has 3 aliphatic carbocycles. The van der Waals surface area contributed by atoms with Crippen LogP contribution in [0, 0.1) is 35.5 Å². The molecule has 0 aliphatic heterocycles. The topological polar surface area (TPSA) is 130 Å². The Morgan fingerprint density at radius 3 is 2.43 bits per heavy atom. The summed E-state index contributed by atoms with van der Waals surface area (Å²) in [7, 11) is 0. The number of aliphatic hydroxyl groups is 3. The molecule has 204 valence electrons. The van der Waals surface area contributed by atoms with Crippen molar-refractivity contribution in [2.45, 2.75) is 71.9 Å². The van der Waals surface area contributed by atoms with Crippen LogP contribution in [0.1, 0.15) is 62.9 Å². The Balaban J connectivity index is 1.90. The van der Waals surface area contributed by atoms with Crippen LogP contribution in [-0.4, -0.2) is 56.6 Å². The summed E-state index contributed by atoms with van der Waals surface area (Å²) in [4.78, 5) is 27.4. The van der Waals surface area contributed by atoms with Crippen molar-refractivity contribution in [1.29, 1.82) is 0 Å². The highest BCUT2D eigenvalue weighted by Crippen LogP contribution is 2.62. The zero-order valence-corrected chi connectivity index (χ0v) is 21.5. The van der Waals surface area contributed by atoms with Gasteiger partial charge in [-0.2, -0.15) is 13.2 Å². The molecular formula is C26H32F3NO7. The third-order valence-electron chi connectivity index (χ3n) is 9.06. The molecule has 2 bridgehead atoms. The number of aryl methyl sites for hydroxylation is 1. The molecule has 11 heteroatoms. The Morgan fingerprint density at radius 1 is 1.24 bits per heavy atom. The average Bonchev–Trinajstić information content (AvgIpc) is 3.27. The summed E-state index contributed by atoms with van der Waals surface area (Å²) in [5, 5.41) is 37.2. The minimum atomic E-state index is -5.04. The maximum Gasteiger partial charge on any atom is 0.453 e. The number of hydrogen-bond acceptors (Lipinski definition) is 8. The summed E-state index contributed by atoms with van der Waals surface area (Å²) in [6.45, 7) is 9.49. The normalized spacial score (nSPS) is 37.3. The maximum atomic E-state index is 14.3. The number of nitrogens with zero attached hydrogens (tertiary/aromatic N) is 1. The van der Waals surface area contributed by atoms with E-state index >= 15 is 0 Å². The van der Waals surface area contributed by atoms with Gasteiger partial charge in [0.05, 0.1) is 17.7 Å². The fourth-order valence-corrected chi connectivity index (χ4v) is 6.62. The molecular weight excluding hydrogens is 495 g/mol. The van der Waals surface area contributed by atoms with E-state index in [1.165, 1.54) is 19.1 Å². The van der Waals surface area contributed by atoms with E-state index in [-0.39, 0.29) is 22.8 Å². The van der Waals surface area contributed by atoms with Gasteiger partial charge in [0.25, 0.3) is 5.76 Å². The molecule has 0 aromatic carbocycles. The molecule has 0 radical (unpaired) electrons. The lowest BCUT2D eigenvalue weighted by atomic mass is 9.59. The zero-order chi connectivity index (χ0) is 27.9. The lowest BCUT2D eigenvalue weighted by Crippen LogP contribution is -2.65. The molecule has 3 N–H and O–H groups in total. The molecule has 1 fully saturated rings. The molecule has 8 nitrogen and oxygen atoms in total. The minimum absolute atomic E-state index is 0.0178. The molecule has 1 heterocycles. The van der Waals surface area contributed by atoms with E-state index in [0.717, 1.165) is 6.92 Å². The smallest absolute Gasteiger partial charge is 0.451 e. The largest absolute Gasteiger partial charge is 0.453 e. The quantitative estimate of drug-likeness (QED) is 0.403. The van der Waals surface area contributed by atoms with Crippen LogP contribution in [0.3, 0.4) is 0 Å². The Bertz CT molecular complexity index is 1200. The molecule has 1 saturated carbocycles. The number of rotatable bonds is 3. The van der Waals surface area contributed by atoms with Gasteiger partial charge >= 0.3 is 12.1 Å². The van der Waals surface area contributed by atoms with Crippen LogP contribution < -0.4 is 0 Å². The van der Waals surface area contributed by atoms with Crippen LogP contribution in [0.25, 0.3) is 0 Å². The summed E-state index contributed by atoms with van der Waals surface area (Å²) >= 11 is 0. The van der Waals surface area contributed by atoms with Gasteiger partial charge in [0.2, 0.25) is 0 Å². The molecule has 0 unspecified atom stereocenters. The second-order valence-corrected chi connectivity index (χ2v) is 11.3. The number of allylic oxidation sites excluding steroid dienone is 1. The van der Waals surface area contributed by atoms with E-state index in [1.807, 2.05) is 20.8 Å². The van der Waals surface area contributed by atoms with Gasteiger partial charge < -0.3 is 24.6 Å². The molecule has 1 aromatic heterocycles. The predicted octanol–water partition coefficient (Wildman–Crippen LogP) is 3.39. The van der Waals surface area contributed by atoms with Crippen molar-refractivity contribution < 1.29 is 47.3 Å². The number of esters is 1. The highest BCUT2D eigenvalue weighted by atomic mass is 19.4. The van der Waals surface area contributed by atoms with Gasteiger partial charge in [0, 0.05) is 5.92 Å². The molecule has 3 aliphatic rings. The minimum Gasteiger partial charge on any atom is -0.451 e. The van der Waals surface area contributed by atoms with Gasteiger partial charge in [-0.05, 0) is 48.7 Å². The molecule has 0 amide bonds. The first-order valence-electron chi connectivity index (χ1n) is 12.2. The third-order valence-corrected chi connectivity index (χ3v) is 9.06. The number of halogens is 3. The molecule has 4 rings (SSSR count). The average molecular weight is 528 g/mol. The van der Waals surface area contributed by atoms with Crippen LogP contribution in [0.2, 0.25) is 0 Å². The number of aromatic nitrogens is 1. The first-order chi connectivity index (χ1) is 17.0. The van der Waals surface area contributed by atoms with Crippen LogP contribution in [0.4, 0.5) is 13.2 Å². The number of ketones is 1. The molecule has 1 spiro atoms. The van der Waals surface area contributed by atoms with Gasteiger partial charge in [-0.25, -0.2) is 4.79 Å². The van der Waals surface area contributed by atoms with Crippen molar-refractivity contribution in [3.63, 3.8) is 0 Å². The molecule has 7 atom stereocenters. The van der Waals surface area contributed by atoms with Gasteiger partial charge in [0.1, 0.15) is 11.7 Å². The monoisotopic (exact) mass is 527 g/mol. The van der Waals surface area contributed by atoms with E-state index in [9.17, 15) is 38.1 Å². The SMILES string of the molecule is CC1=C[C@]23C(=O)[C@@H](C=C(CO)[C@@H](O)[C@]2(O)[C@H]1OC(=O)c1c(C)noc1C(F)(F)F)C(C)(C)[C@@H](C)C[C@H]3C. The van der Waals surface area contributed by atoms with E-state index in [1.54, 1.807) is 6.92 Å². The number of aliphatic hydroxyl groups excluding tert-OH is 2. The van der Waals surface area contributed by atoms with Crippen molar-refractivity contribution in [3.8, 4) is 0 Å². The van der Waals surface area contributed by atoms with Crippen LogP contribution >= 0.6 is 0 Å². The molecule has 0 saturated heterocycles. The number of Topliss-reactive ketones (excluding diaryl/α,β-unsaturated/α-hetero) is 1. The number of ether oxygens (including phenoxy) is 1. The number of alkyl halides is 3. The van der Waals surface area contributed by atoms with Crippen LogP contribution in [-0.2, 0) is 15.7 Å². The predicted molar refractivity (Wildman–Crippen MR) is 123 cm³/mol. The lowest BCUT2D eigenvalue weighted by Gasteiger charge is -2.48. The number of fused-ring (bicyclic) bond motifs is 1. The number of hydrogen-bond donors (Lipinski definition) is 3. The van der Waals surface area contributed by atoms with Gasteiger partial charge in [0.15, 0.2) is 17.5 Å². The fraction of sp³-hybridized carbons (Fsp3) is 0.654. The highest BCUT2D eigenvalue weighted by molar-refractivity contribution is 5.96. The standard InChI is InChI=1S/C26H32F3NO7/c1-11-9-24-13(3)7-12(2)23(5,6)16(19(24)33)8-15(10-31)18(32)25(24,35)20(11)36-22(34)17-14(4)30-37-21(17)26(27,28)29/h8-9,12-13,16,18,20,31-32,35H,7,10H2,1-6H3/t12-,13+,16+,18+,20-,24-,25-/m0/s1. The fourth-order valence-electron chi connectivity index (χ4n) is 6.62. The van der Waals surface area contributed by atoms with Crippen molar-refractivity contribution in [2.24, 2.45) is 28.6 Å². The van der Waals surface area contributed by atoms with E-state index in [4.69, 9.17) is 4.74 Å². The van der Waals surface area contributed by atoms with Crippen LogP contribution in [0.15, 0.2) is 27.8 Å². The highest BCUT2D eigenvalue weighted by Gasteiger charge is 2.73. The zero-order valence-electron chi connectivity index (χ0n) is 21.5.